The topological polar surface area (TPSA) is 39.9 Å². The molecule has 4 heteroatoms. The SMILES string of the molecule is N#Cc1cc(-c2ccc(-c3ccccc3N3c4ccccc4[Si](c4ccccc4)(c4ccccc4)c4ccccc43)cc2)ccn1. The number of anilines is 3. The van der Waals surface area contributed by atoms with Crippen molar-refractivity contribution >= 4 is 45.9 Å². The van der Waals surface area contributed by atoms with Crippen LogP contribution in [-0.2, 0) is 0 Å². The third-order valence-electron chi connectivity index (χ3n) is 9.06. The second kappa shape index (κ2) is 11.5. The van der Waals surface area contributed by atoms with Crippen molar-refractivity contribution in [3.63, 3.8) is 0 Å². The van der Waals surface area contributed by atoms with Crippen LogP contribution in [0.15, 0.2) is 176 Å². The molecule has 6 aromatic carbocycles. The van der Waals surface area contributed by atoms with Gasteiger partial charge in [-0.2, -0.15) is 5.26 Å². The smallest absolute Gasteiger partial charge is 0.184 e. The fraction of sp³-hybridized carbons (Fsp3) is 0. The first-order valence-electron chi connectivity index (χ1n) is 15.5. The first-order chi connectivity index (χ1) is 22.8. The Balaban J connectivity index is 1.34. The number of para-hydroxylation sites is 3. The molecule has 1 aliphatic rings. The van der Waals surface area contributed by atoms with Gasteiger partial charge in [0, 0.05) is 23.1 Å². The summed E-state index contributed by atoms with van der Waals surface area (Å²) in [5, 5.41) is 14.8. The summed E-state index contributed by atoms with van der Waals surface area (Å²) in [6, 6.07) is 63.4. The number of hydrogen-bond donors (Lipinski definition) is 0. The lowest BCUT2D eigenvalue weighted by Gasteiger charge is -2.45. The van der Waals surface area contributed by atoms with Crippen molar-refractivity contribution in [3.8, 4) is 28.3 Å². The number of rotatable bonds is 5. The van der Waals surface area contributed by atoms with Crippen molar-refractivity contribution in [2.75, 3.05) is 4.90 Å². The molecule has 216 valence electrons. The fourth-order valence-corrected chi connectivity index (χ4v) is 12.2. The molecule has 1 aliphatic heterocycles. The first-order valence-corrected chi connectivity index (χ1v) is 17.5. The Hall–Kier alpha value is -6.02. The summed E-state index contributed by atoms with van der Waals surface area (Å²) >= 11 is 0. The largest absolute Gasteiger partial charge is 0.310 e. The highest BCUT2D eigenvalue weighted by atomic mass is 28.3. The van der Waals surface area contributed by atoms with Gasteiger partial charge in [-0.3, -0.25) is 0 Å². The van der Waals surface area contributed by atoms with Crippen LogP contribution < -0.4 is 25.6 Å². The molecule has 0 aliphatic carbocycles. The van der Waals surface area contributed by atoms with Gasteiger partial charge in [0.25, 0.3) is 0 Å². The molecule has 0 saturated carbocycles. The van der Waals surface area contributed by atoms with Gasteiger partial charge >= 0.3 is 0 Å². The molecule has 0 spiro atoms. The van der Waals surface area contributed by atoms with Gasteiger partial charge in [0.05, 0.1) is 5.69 Å². The van der Waals surface area contributed by atoms with Crippen molar-refractivity contribution in [1.29, 1.82) is 5.26 Å². The Labute approximate surface area is 270 Å². The normalized spacial score (nSPS) is 12.9. The zero-order valence-corrected chi connectivity index (χ0v) is 26.1. The zero-order valence-electron chi connectivity index (χ0n) is 25.1. The van der Waals surface area contributed by atoms with Gasteiger partial charge in [-0.25, -0.2) is 4.98 Å². The summed E-state index contributed by atoms with van der Waals surface area (Å²) in [6.07, 6.45) is 1.69. The highest BCUT2D eigenvalue weighted by Gasteiger charge is 2.48. The molecule has 2 heterocycles. The van der Waals surface area contributed by atoms with E-state index in [-0.39, 0.29) is 0 Å². The van der Waals surface area contributed by atoms with Crippen LogP contribution in [0.1, 0.15) is 5.69 Å². The van der Waals surface area contributed by atoms with Crippen molar-refractivity contribution in [1.82, 2.24) is 4.98 Å². The van der Waals surface area contributed by atoms with Crippen LogP contribution in [0.3, 0.4) is 0 Å². The predicted molar refractivity (Wildman–Crippen MR) is 192 cm³/mol. The van der Waals surface area contributed by atoms with Crippen molar-refractivity contribution in [2.45, 2.75) is 0 Å². The van der Waals surface area contributed by atoms with E-state index >= 15 is 0 Å². The van der Waals surface area contributed by atoms with Crippen LogP contribution in [-0.4, -0.2) is 13.1 Å². The van der Waals surface area contributed by atoms with E-state index in [1.807, 2.05) is 12.1 Å². The average Bonchev–Trinajstić information content (AvgIpc) is 3.15. The molecule has 0 amide bonds. The average molecular weight is 604 g/mol. The molecule has 0 N–H and O–H groups in total. The summed E-state index contributed by atoms with van der Waals surface area (Å²) in [5.74, 6) is 0. The summed E-state index contributed by atoms with van der Waals surface area (Å²) in [7, 11) is -2.67. The van der Waals surface area contributed by atoms with Gasteiger partial charge in [0.2, 0.25) is 0 Å². The monoisotopic (exact) mass is 603 g/mol. The number of nitrogens with zero attached hydrogens (tertiary/aromatic N) is 3. The molecule has 3 nitrogen and oxygen atoms in total. The number of pyridine rings is 1. The molecule has 0 saturated heterocycles. The Morgan fingerprint density at radius 3 is 1.57 bits per heavy atom. The molecule has 0 radical (unpaired) electrons. The van der Waals surface area contributed by atoms with Crippen LogP contribution in [0.2, 0.25) is 0 Å². The van der Waals surface area contributed by atoms with Crippen molar-refractivity contribution < 1.29 is 0 Å². The first kappa shape index (κ1) is 27.5. The lowest BCUT2D eigenvalue weighted by molar-refractivity contribution is 1.26. The second-order valence-electron chi connectivity index (χ2n) is 11.5. The van der Waals surface area contributed by atoms with E-state index in [2.05, 4.69) is 174 Å². The number of hydrogen-bond acceptors (Lipinski definition) is 3. The quantitative estimate of drug-likeness (QED) is 0.192. The van der Waals surface area contributed by atoms with E-state index in [0.29, 0.717) is 5.69 Å². The zero-order chi connectivity index (χ0) is 30.9. The van der Waals surface area contributed by atoms with Gasteiger partial charge in [-0.05, 0) is 67.8 Å². The number of nitriles is 1. The molecular weight excluding hydrogens is 575 g/mol. The Morgan fingerprint density at radius 2 is 0.978 bits per heavy atom. The summed E-state index contributed by atoms with van der Waals surface area (Å²) in [6.45, 7) is 0. The van der Waals surface area contributed by atoms with Crippen LogP contribution in [0.25, 0.3) is 22.3 Å². The predicted octanol–water partition coefficient (Wildman–Crippen LogP) is 7.45. The van der Waals surface area contributed by atoms with Gasteiger partial charge in [0.15, 0.2) is 8.07 Å². The van der Waals surface area contributed by atoms with Crippen molar-refractivity contribution in [2.24, 2.45) is 0 Å². The third kappa shape index (κ3) is 4.37. The molecule has 8 rings (SSSR count). The summed E-state index contributed by atoms with van der Waals surface area (Å²) in [4.78, 5) is 6.60. The van der Waals surface area contributed by atoms with E-state index in [4.69, 9.17) is 0 Å². The van der Waals surface area contributed by atoms with E-state index in [9.17, 15) is 5.26 Å². The van der Waals surface area contributed by atoms with E-state index < -0.39 is 8.07 Å². The van der Waals surface area contributed by atoms with Gasteiger partial charge in [0.1, 0.15) is 11.8 Å². The third-order valence-corrected chi connectivity index (χ3v) is 13.9. The summed E-state index contributed by atoms with van der Waals surface area (Å²) in [5.41, 5.74) is 8.29. The van der Waals surface area contributed by atoms with Gasteiger partial charge in [-0.1, -0.05) is 140 Å². The number of aromatic nitrogens is 1. The molecule has 0 atom stereocenters. The van der Waals surface area contributed by atoms with Crippen LogP contribution in [0.5, 0.6) is 0 Å². The number of fused-ring (bicyclic) bond motifs is 2. The Kier molecular flexibility index (Phi) is 6.87. The van der Waals surface area contributed by atoms with Crippen LogP contribution >= 0.6 is 0 Å². The highest BCUT2D eigenvalue weighted by Crippen LogP contribution is 2.43. The van der Waals surface area contributed by atoms with Gasteiger partial charge < -0.3 is 4.90 Å². The molecule has 46 heavy (non-hydrogen) atoms. The standard InChI is InChI=1S/C42H29N3Si/c43-30-34-29-33(27-28-44-34)31-23-25-32(26-24-31)37-17-7-8-18-38(37)45-39-19-9-11-21-41(39)46(35-13-3-1-4-14-35,36-15-5-2-6-16-36)42-22-12-10-20-40(42)45/h1-29H. The lowest BCUT2D eigenvalue weighted by Crippen LogP contribution is -2.77. The molecule has 0 fully saturated rings. The Morgan fingerprint density at radius 1 is 0.478 bits per heavy atom. The van der Waals surface area contributed by atoms with Crippen LogP contribution in [0, 0.1) is 11.3 Å². The number of benzene rings is 6. The summed E-state index contributed by atoms with van der Waals surface area (Å²) < 4.78 is 0. The minimum absolute atomic E-state index is 0.417. The molecule has 0 bridgehead atoms. The van der Waals surface area contributed by atoms with E-state index in [1.165, 1.54) is 32.1 Å². The Bertz CT molecular complexity index is 2130. The molecule has 1 aromatic heterocycles. The van der Waals surface area contributed by atoms with Crippen molar-refractivity contribution in [3.05, 3.63) is 182 Å². The van der Waals surface area contributed by atoms with E-state index in [0.717, 1.165) is 27.9 Å². The maximum atomic E-state index is 9.34. The fourth-order valence-electron chi connectivity index (χ4n) is 7.10. The highest BCUT2D eigenvalue weighted by molar-refractivity contribution is 7.21. The maximum absolute atomic E-state index is 9.34. The minimum Gasteiger partial charge on any atom is -0.310 e. The van der Waals surface area contributed by atoms with E-state index in [1.54, 1.807) is 6.20 Å². The molecule has 7 aromatic rings. The maximum Gasteiger partial charge on any atom is 0.184 e. The lowest BCUT2D eigenvalue weighted by atomic mass is 9.98. The van der Waals surface area contributed by atoms with Gasteiger partial charge in [-0.15, -0.1) is 0 Å². The minimum atomic E-state index is -2.67. The second-order valence-corrected chi connectivity index (χ2v) is 15.2. The molecular formula is C42H29N3Si. The molecule has 0 unspecified atom stereocenters. The van der Waals surface area contributed by atoms with Crippen LogP contribution in [0.4, 0.5) is 17.1 Å².